The molecule has 1 atom stereocenters. The molecule has 156 valence electrons. The van der Waals surface area contributed by atoms with Crippen LogP contribution in [0.15, 0.2) is 65.8 Å². The van der Waals surface area contributed by atoms with Gasteiger partial charge in [0.05, 0.1) is 11.4 Å². The van der Waals surface area contributed by atoms with E-state index in [9.17, 15) is 18.4 Å². The fourth-order valence-corrected chi connectivity index (χ4v) is 2.81. The highest BCUT2D eigenvalue weighted by Crippen LogP contribution is 2.28. The highest BCUT2D eigenvalue weighted by atomic mass is 19.3. The van der Waals surface area contributed by atoms with Crippen molar-refractivity contribution in [2.75, 3.05) is 12.1 Å². The number of aliphatic hydroxyl groups excluding tert-OH is 1. The van der Waals surface area contributed by atoms with E-state index in [1.807, 2.05) is 26.0 Å². The predicted octanol–water partition coefficient (Wildman–Crippen LogP) is 4.30. The smallest absolute Gasteiger partial charge is 0.296 e. The fraction of sp³-hybridized carbons (Fsp3) is 0.318. The van der Waals surface area contributed by atoms with Crippen LogP contribution in [0.5, 0.6) is 0 Å². The number of anilines is 1. The van der Waals surface area contributed by atoms with Crippen molar-refractivity contribution < 1.29 is 23.5 Å². The Labute approximate surface area is 169 Å². The predicted molar refractivity (Wildman–Crippen MR) is 110 cm³/mol. The van der Waals surface area contributed by atoms with Gasteiger partial charge in [0.1, 0.15) is 0 Å². The number of aliphatic hydroxyl groups is 1. The summed E-state index contributed by atoms with van der Waals surface area (Å²) in [6.07, 6.45) is -3.49. The summed E-state index contributed by atoms with van der Waals surface area (Å²) in [5, 5.41) is 12.7. The number of amides is 1. The molecule has 0 saturated carbocycles. The Morgan fingerprint density at radius 3 is 2.10 bits per heavy atom. The van der Waals surface area contributed by atoms with Gasteiger partial charge in [-0.25, -0.2) is 13.8 Å². The second kappa shape index (κ2) is 12.5. The normalized spacial score (nSPS) is 15.6. The van der Waals surface area contributed by atoms with E-state index >= 15 is 0 Å². The molecule has 0 spiro atoms. The van der Waals surface area contributed by atoms with E-state index in [-0.39, 0.29) is 12.3 Å². The van der Waals surface area contributed by atoms with Gasteiger partial charge in [-0.2, -0.15) is 5.10 Å². The molecule has 1 N–H and O–H groups in total. The van der Waals surface area contributed by atoms with Gasteiger partial charge in [-0.15, -0.1) is 0 Å². The Bertz CT molecular complexity index is 796. The molecule has 0 aliphatic carbocycles. The van der Waals surface area contributed by atoms with E-state index in [1.165, 1.54) is 5.01 Å². The van der Waals surface area contributed by atoms with Gasteiger partial charge in [0.25, 0.3) is 6.43 Å². The van der Waals surface area contributed by atoms with Crippen LogP contribution < -0.4 is 5.01 Å². The second-order valence-electron chi connectivity index (χ2n) is 5.76. The highest BCUT2D eigenvalue weighted by Gasteiger charge is 2.34. The molecule has 1 unspecified atom stereocenters. The molecule has 1 aliphatic rings. The number of halogens is 2. The highest BCUT2D eigenvalue weighted by molar-refractivity contribution is 6.11. The van der Waals surface area contributed by atoms with Crippen LogP contribution in [-0.4, -0.2) is 36.0 Å². The molecule has 0 saturated heterocycles. The second-order valence-corrected chi connectivity index (χ2v) is 5.76. The molecule has 0 radical (unpaired) electrons. The zero-order chi connectivity index (χ0) is 21.8. The number of carbonyl (C=O) groups is 2. The minimum Gasteiger partial charge on any atom is -0.400 e. The number of carbonyl (C=O) groups excluding carboxylic acids is 2. The number of Topliss-reactive ketones (excluding diaryl/α,β-unsaturated/α-hetero) is 1. The Balaban J connectivity index is 0.000000989. The van der Waals surface area contributed by atoms with E-state index in [4.69, 9.17) is 5.11 Å². The van der Waals surface area contributed by atoms with Gasteiger partial charge in [0.15, 0.2) is 5.78 Å². The minimum atomic E-state index is -3.04. The Morgan fingerprint density at radius 1 is 1.07 bits per heavy atom. The number of hydrogen-bond donors (Lipinski definition) is 1. The fourth-order valence-electron chi connectivity index (χ4n) is 2.81. The van der Waals surface area contributed by atoms with Crippen molar-refractivity contribution in [2.24, 2.45) is 11.0 Å². The average Bonchev–Trinajstić information content (AvgIpc) is 2.78. The third kappa shape index (κ3) is 6.57. The van der Waals surface area contributed by atoms with Crippen molar-refractivity contribution in [1.82, 2.24) is 0 Å². The third-order valence-electron chi connectivity index (χ3n) is 4.01. The first-order valence-electron chi connectivity index (χ1n) is 9.34. The molecule has 2 aromatic rings. The number of rotatable bonds is 5. The number of hydrazone groups is 1. The van der Waals surface area contributed by atoms with Gasteiger partial charge in [0, 0.05) is 25.9 Å². The molecule has 7 heteroatoms. The standard InChI is InChI=1S/C19H16F2N2O2.C2H6.CH4O/c20-19(21)16(24)11-14-12-17(25)23(15-9-5-2-6-10-15)22-18(14)13-7-3-1-4-8-13;2*1-2/h1-10,14,19H,11-12H2;1-2H3;2H,1H3. The van der Waals surface area contributed by atoms with Crippen LogP contribution in [0.4, 0.5) is 14.5 Å². The number of benzene rings is 2. The van der Waals surface area contributed by atoms with E-state index in [0.717, 1.165) is 7.11 Å². The van der Waals surface area contributed by atoms with E-state index in [0.29, 0.717) is 17.0 Å². The summed E-state index contributed by atoms with van der Waals surface area (Å²) >= 11 is 0. The van der Waals surface area contributed by atoms with Crippen molar-refractivity contribution in [3.8, 4) is 0 Å². The molecule has 0 bridgehead atoms. The van der Waals surface area contributed by atoms with Gasteiger partial charge in [0.2, 0.25) is 5.91 Å². The Hall–Kier alpha value is -2.93. The quantitative estimate of drug-likeness (QED) is 0.808. The lowest BCUT2D eigenvalue weighted by Gasteiger charge is -2.29. The molecule has 2 aromatic carbocycles. The van der Waals surface area contributed by atoms with Crippen LogP contribution in [0.3, 0.4) is 0 Å². The summed E-state index contributed by atoms with van der Waals surface area (Å²) in [4.78, 5) is 24.0. The SMILES string of the molecule is CC.CO.O=C(CC1CC(=O)N(c2ccccc2)N=C1c1ccccc1)C(F)F. The molecule has 3 rings (SSSR count). The molecule has 0 fully saturated rings. The lowest BCUT2D eigenvalue weighted by molar-refractivity contribution is -0.130. The van der Waals surface area contributed by atoms with Crippen LogP contribution in [0.1, 0.15) is 32.3 Å². The van der Waals surface area contributed by atoms with Gasteiger partial charge in [-0.1, -0.05) is 62.4 Å². The van der Waals surface area contributed by atoms with Crippen LogP contribution in [0, 0.1) is 5.92 Å². The van der Waals surface area contributed by atoms with Crippen molar-refractivity contribution >= 4 is 23.1 Å². The summed E-state index contributed by atoms with van der Waals surface area (Å²) in [6.45, 7) is 4.00. The first-order valence-corrected chi connectivity index (χ1v) is 9.34. The number of nitrogens with zero attached hydrogens (tertiary/aromatic N) is 2. The summed E-state index contributed by atoms with van der Waals surface area (Å²) in [5.74, 6) is -2.15. The van der Waals surface area contributed by atoms with E-state index in [1.54, 1.807) is 48.5 Å². The molecule has 1 heterocycles. The first-order chi connectivity index (χ1) is 14.1. The van der Waals surface area contributed by atoms with Crippen molar-refractivity contribution in [3.63, 3.8) is 0 Å². The topological polar surface area (TPSA) is 70.0 Å². The maximum absolute atomic E-state index is 12.7. The Kier molecular flexibility index (Phi) is 10.4. The van der Waals surface area contributed by atoms with Gasteiger partial charge < -0.3 is 5.11 Å². The van der Waals surface area contributed by atoms with Crippen LogP contribution in [0.25, 0.3) is 0 Å². The summed E-state index contributed by atoms with van der Waals surface area (Å²) in [5.41, 5.74) is 1.78. The molecule has 1 amide bonds. The van der Waals surface area contributed by atoms with Gasteiger partial charge >= 0.3 is 0 Å². The number of alkyl halides is 2. The maximum atomic E-state index is 12.7. The van der Waals surface area contributed by atoms with Gasteiger partial charge in [-0.3, -0.25) is 9.59 Å². The average molecular weight is 404 g/mol. The number of hydrogen-bond acceptors (Lipinski definition) is 4. The minimum absolute atomic E-state index is 0.0406. The van der Waals surface area contributed by atoms with Crippen LogP contribution in [-0.2, 0) is 9.59 Å². The van der Waals surface area contributed by atoms with Gasteiger partial charge in [-0.05, 0) is 17.7 Å². The zero-order valence-electron chi connectivity index (χ0n) is 16.8. The van der Waals surface area contributed by atoms with E-state index < -0.39 is 24.5 Å². The van der Waals surface area contributed by atoms with E-state index in [2.05, 4.69) is 5.10 Å². The lowest BCUT2D eigenvalue weighted by Crippen LogP contribution is -2.38. The molecular formula is C22H26F2N2O3. The maximum Gasteiger partial charge on any atom is 0.296 e. The van der Waals surface area contributed by atoms with Crippen LogP contribution >= 0.6 is 0 Å². The van der Waals surface area contributed by atoms with Crippen molar-refractivity contribution in [3.05, 3.63) is 66.2 Å². The third-order valence-corrected chi connectivity index (χ3v) is 4.01. The van der Waals surface area contributed by atoms with Crippen LogP contribution in [0.2, 0.25) is 0 Å². The monoisotopic (exact) mass is 404 g/mol. The van der Waals surface area contributed by atoms with Crippen molar-refractivity contribution in [1.29, 1.82) is 0 Å². The summed E-state index contributed by atoms with van der Waals surface area (Å²) in [6, 6.07) is 17.9. The molecule has 29 heavy (non-hydrogen) atoms. The molecular weight excluding hydrogens is 378 g/mol. The summed E-state index contributed by atoms with van der Waals surface area (Å²) in [7, 11) is 1.00. The summed E-state index contributed by atoms with van der Waals surface area (Å²) < 4.78 is 25.3. The largest absolute Gasteiger partial charge is 0.400 e. The first kappa shape index (κ1) is 24.1. The number of ketones is 1. The molecule has 0 aromatic heterocycles. The molecule has 1 aliphatic heterocycles. The van der Waals surface area contributed by atoms with Crippen molar-refractivity contribution in [2.45, 2.75) is 33.1 Å². The lowest BCUT2D eigenvalue weighted by atomic mass is 9.88. The molecule has 5 nitrogen and oxygen atoms in total. The number of para-hydroxylation sites is 1. The Morgan fingerprint density at radius 2 is 1.59 bits per heavy atom. The zero-order valence-corrected chi connectivity index (χ0v) is 16.8.